The normalized spacial score (nSPS) is 13.8. The Balaban J connectivity index is 3.01. The van der Waals surface area contributed by atoms with Crippen LogP contribution in [0.25, 0.3) is 0 Å². The molecule has 1 N–H and O–H groups in total. The van der Waals surface area contributed by atoms with Gasteiger partial charge >= 0.3 is 0 Å². The van der Waals surface area contributed by atoms with E-state index in [9.17, 15) is 0 Å². The zero-order valence-electron chi connectivity index (χ0n) is 11.0. The highest BCUT2D eigenvalue weighted by Gasteiger charge is 2.21. The van der Waals surface area contributed by atoms with Gasteiger partial charge in [-0.1, -0.05) is 63.0 Å². The van der Waals surface area contributed by atoms with E-state index < -0.39 is 0 Å². The molecule has 0 aliphatic carbocycles. The third kappa shape index (κ3) is 4.50. The molecule has 1 rings (SSSR count). The molecular weight excluding hydrogens is 253 g/mol. The summed E-state index contributed by atoms with van der Waals surface area (Å²) in [6, 6.07) is 6.09. The Morgan fingerprint density at radius 3 is 2.41 bits per heavy atom. The first kappa shape index (κ1) is 14.8. The molecule has 0 bridgehead atoms. The molecule has 0 heterocycles. The van der Waals surface area contributed by atoms with E-state index in [0.29, 0.717) is 10.0 Å². The molecule has 1 aromatic rings. The molecule has 3 heteroatoms. The quantitative estimate of drug-likeness (QED) is 0.807. The van der Waals surface area contributed by atoms with Crippen molar-refractivity contribution in [3.63, 3.8) is 0 Å². The van der Waals surface area contributed by atoms with E-state index in [1.54, 1.807) is 0 Å². The van der Waals surface area contributed by atoms with Gasteiger partial charge in [0.05, 0.1) is 10.0 Å². The van der Waals surface area contributed by atoms with Crippen molar-refractivity contribution in [3.8, 4) is 0 Å². The van der Waals surface area contributed by atoms with Crippen molar-refractivity contribution in [2.45, 2.75) is 40.2 Å². The van der Waals surface area contributed by atoms with Crippen LogP contribution in [0.3, 0.4) is 0 Å². The SMILES string of the molecule is CCNC(CC(C)(C)C)c1cccc(Cl)c1Cl. The van der Waals surface area contributed by atoms with Crippen LogP contribution in [0.15, 0.2) is 18.2 Å². The average molecular weight is 274 g/mol. The topological polar surface area (TPSA) is 12.0 Å². The number of nitrogens with one attached hydrogen (secondary N) is 1. The number of halogens is 2. The van der Waals surface area contributed by atoms with E-state index in [1.165, 1.54) is 0 Å². The van der Waals surface area contributed by atoms with Gasteiger partial charge in [0, 0.05) is 6.04 Å². The summed E-state index contributed by atoms with van der Waals surface area (Å²) in [5.74, 6) is 0. The lowest BCUT2D eigenvalue weighted by molar-refractivity contribution is 0.314. The first-order chi connectivity index (χ1) is 7.85. The Kier molecular flexibility index (Phi) is 5.30. The third-order valence-corrected chi connectivity index (χ3v) is 3.46. The maximum Gasteiger partial charge on any atom is 0.0640 e. The van der Waals surface area contributed by atoms with Crippen LogP contribution < -0.4 is 5.32 Å². The Labute approximate surface area is 115 Å². The van der Waals surface area contributed by atoms with Crippen molar-refractivity contribution in [2.75, 3.05) is 6.54 Å². The molecular formula is C14H21Cl2N. The Morgan fingerprint density at radius 2 is 1.88 bits per heavy atom. The molecule has 0 aliphatic heterocycles. The fraction of sp³-hybridized carbons (Fsp3) is 0.571. The van der Waals surface area contributed by atoms with Gasteiger partial charge in [0.1, 0.15) is 0 Å². The van der Waals surface area contributed by atoms with Crippen LogP contribution in [0.2, 0.25) is 10.0 Å². The second-order valence-corrected chi connectivity index (χ2v) is 6.30. The predicted octanol–water partition coefficient (Wildman–Crippen LogP) is 5.08. The average Bonchev–Trinajstić information content (AvgIpc) is 2.19. The second-order valence-electron chi connectivity index (χ2n) is 5.52. The van der Waals surface area contributed by atoms with Crippen molar-refractivity contribution in [1.29, 1.82) is 0 Å². The summed E-state index contributed by atoms with van der Waals surface area (Å²) in [6.07, 6.45) is 1.03. The van der Waals surface area contributed by atoms with Crippen molar-refractivity contribution >= 4 is 23.2 Å². The van der Waals surface area contributed by atoms with E-state index in [1.807, 2.05) is 18.2 Å². The van der Waals surface area contributed by atoms with Gasteiger partial charge in [0.15, 0.2) is 0 Å². The van der Waals surface area contributed by atoms with E-state index >= 15 is 0 Å². The fourth-order valence-electron chi connectivity index (χ4n) is 1.94. The number of hydrogen-bond acceptors (Lipinski definition) is 1. The minimum atomic E-state index is 0.248. The maximum atomic E-state index is 6.28. The smallest absolute Gasteiger partial charge is 0.0640 e. The van der Waals surface area contributed by atoms with Crippen molar-refractivity contribution in [3.05, 3.63) is 33.8 Å². The molecule has 1 nitrogen and oxygen atoms in total. The standard InChI is InChI=1S/C14H21Cl2N/c1-5-17-12(9-14(2,3)4)10-7-6-8-11(15)13(10)16/h6-8,12,17H,5,9H2,1-4H3. The monoisotopic (exact) mass is 273 g/mol. The van der Waals surface area contributed by atoms with E-state index in [0.717, 1.165) is 18.5 Å². The lowest BCUT2D eigenvalue weighted by Gasteiger charge is -2.27. The van der Waals surface area contributed by atoms with Gasteiger partial charge in [-0.05, 0) is 30.0 Å². The molecule has 1 atom stereocenters. The zero-order chi connectivity index (χ0) is 13.1. The largest absolute Gasteiger partial charge is 0.310 e. The lowest BCUT2D eigenvalue weighted by atomic mass is 9.85. The third-order valence-electron chi connectivity index (χ3n) is 2.62. The highest BCUT2D eigenvalue weighted by Crippen LogP contribution is 2.35. The van der Waals surface area contributed by atoms with Gasteiger partial charge in [-0.15, -0.1) is 0 Å². The number of benzene rings is 1. The zero-order valence-corrected chi connectivity index (χ0v) is 12.5. The van der Waals surface area contributed by atoms with Crippen molar-refractivity contribution < 1.29 is 0 Å². The summed E-state index contributed by atoms with van der Waals surface area (Å²) in [4.78, 5) is 0. The molecule has 1 aromatic carbocycles. The van der Waals surface area contributed by atoms with Gasteiger partial charge in [0.25, 0.3) is 0 Å². The van der Waals surface area contributed by atoms with Crippen LogP contribution in [-0.4, -0.2) is 6.54 Å². The first-order valence-corrected chi connectivity index (χ1v) is 6.78. The second kappa shape index (κ2) is 6.08. The molecule has 0 saturated carbocycles. The molecule has 0 saturated heterocycles. The summed E-state index contributed by atoms with van der Waals surface area (Å²) >= 11 is 12.4. The number of rotatable bonds is 4. The van der Waals surface area contributed by atoms with E-state index in [-0.39, 0.29) is 11.5 Å². The van der Waals surface area contributed by atoms with E-state index in [2.05, 4.69) is 33.0 Å². The van der Waals surface area contributed by atoms with Crippen LogP contribution in [0.5, 0.6) is 0 Å². The van der Waals surface area contributed by atoms with Crippen LogP contribution in [-0.2, 0) is 0 Å². The van der Waals surface area contributed by atoms with Gasteiger partial charge < -0.3 is 5.32 Å². The molecule has 0 aliphatic rings. The van der Waals surface area contributed by atoms with Gasteiger partial charge in [-0.25, -0.2) is 0 Å². The van der Waals surface area contributed by atoms with Crippen LogP contribution in [0.4, 0.5) is 0 Å². The molecule has 0 amide bonds. The summed E-state index contributed by atoms with van der Waals surface area (Å²) in [5.41, 5.74) is 1.34. The number of hydrogen-bond donors (Lipinski definition) is 1. The maximum absolute atomic E-state index is 6.28. The van der Waals surface area contributed by atoms with Crippen LogP contribution >= 0.6 is 23.2 Å². The first-order valence-electron chi connectivity index (χ1n) is 6.02. The van der Waals surface area contributed by atoms with Crippen LogP contribution in [0, 0.1) is 5.41 Å². The summed E-state index contributed by atoms with van der Waals surface area (Å²) in [6.45, 7) is 9.72. The summed E-state index contributed by atoms with van der Waals surface area (Å²) < 4.78 is 0. The molecule has 1 unspecified atom stereocenters. The summed E-state index contributed by atoms with van der Waals surface area (Å²) in [7, 11) is 0. The molecule has 0 aromatic heterocycles. The highest BCUT2D eigenvalue weighted by atomic mass is 35.5. The molecule has 0 radical (unpaired) electrons. The van der Waals surface area contributed by atoms with Crippen molar-refractivity contribution in [2.24, 2.45) is 5.41 Å². The van der Waals surface area contributed by atoms with Crippen molar-refractivity contribution in [1.82, 2.24) is 5.32 Å². The fourth-order valence-corrected chi connectivity index (χ4v) is 2.38. The minimum absolute atomic E-state index is 0.248. The Hall–Kier alpha value is -0.240. The van der Waals surface area contributed by atoms with Crippen LogP contribution in [0.1, 0.15) is 45.7 Å². The predicted molar refractivity (Wildman–Crippen MR) is 77.0 cm³/mol. The van der Waals surface area contributed by atoms with Gasteiger partial charge in [-0.3, -0.25) is 0 Å². The Bertz CT molecular complexity index is 369. The molecule has 0 spiro atoms. The minimum Gasteiger partial charge on any atom is -0.310 e. The molecule has 0 fully saturated rings. The van der Waals surface area contributed by atoms with E-state index in [4.69, 9.17) is 23.2 Å². The highest BCUT2D eigenvalue weighted by molar-refractivity contribution is 6.42. The lowest BCUT2D eigenvalue weighted by Crippen LogP contribution is -2.25. The summed E-state index contributed by atoms with van der Waals surface area (Å²) in [5, 5.41) is 4.78. The van der Waals surface area contributed by atoms with Gasteiger partial charge in [-0.2, -0.15) is 0 Å². The molecule has 17 heavy (non-hydrogen) atoms. The Morgan fingerprint density at radius 1 is 1.24 bits per heavy atom. The molecule has 96 valence electrons. The van der Waals surface area contributed by atoms with Gasteiger partial charge in [0.2, 0.25) is 0 Å².